The van der Waals surface area contributed by atoms with Gasteiger partial charge in [-0.2, -0.15) is 5.10 Å². The van der Waals surface area contributed by atoms with Crippen molar-refractivity contribution < 1.29 is 0 Å². The summed E-state index contributed by atoms with van der Waals surface area (Å²) in [5.41, 5.74) is 5.08. The quantitative estimate of drug-likeness (QED) is 0.633. The summed E-state index contributed by atoms with van der Waals surface area (Å²) in [5, 5.41) is 5.07. The van der Waals surface area contributed by atoms with Crippen molar-refractivity contribution in [2.75, 3.05) is 5.43 Å². The molecule has 2 rings (SSSR count). The maximum atomic E-state index is 4.42. The lowest BCUT2D eigenvalue weighted by Crippen LogP contribution is -1.94. The summed E-state index contributed by atoms with van der Waals surface area (Å²) in [7, 11) is 0. The van der Waals surface area contributed by atoms with E-state index >= 15 is 0 Å². The van der Waals surface area contributed by atoms with Crippen molar-refractivity contribution in [3.63, 3.8) is 0 Å². The summed E-state index contributed by atoms with van der Waals surface area (Å²) in [6.45, 7) is 4.08. The lowest BCUT2D eigenvalue weighted by Gasteiger charge is -1.95. The van der Waals surface area contributed by atoms with Crippen LogP contribution in [0, 0.1) is 0 Å². The first kappa shape index (κ1) is 10.1. The Morgan fingerprint density at radius 3 is 3.00 bits per heavy atom. The fourth-order valence-electron chi connectivity index (χ4n) is 1.14. The highest BCUT2D eigenvalue weighted by molar-refractivity contribution is 7.22. The predicted molar refractivity (Wildman–Crippen MR) is 66.6 cm³/mol. The fraction of sp³-hybridized carbons (Fsp3) is 0.273. The molecule has 0 aliphatic rings. The summed E-state index contributed by atoms with van der Waals surface area (Å²) in [4.78, 5) is 4.42. The Kier molecular flexibility index (Phi) is 2.97. The van der Waals surface area contributed by atoms with Crippen molar-refractivity contribution in [2.45, 2.75) is 20.3 Å². The molecule has 2 aromatic rings. The highest BCUT2D eigenvalue weighted by Crippen LogP contribution is 2.25. The van der Waals surface area contributed by atoms with Crippen LogP contribution in [0.5, 0.6) is 0 Å². The molecule has 78 valence electrons. The lowest BCUT2D eigenvalue weighted by molar-refractivity contribution is 1.20. The zero-order valence-corrected chi connectivity index (χ0v) is 9.64. The first-order valence-corrected chi connectivity index (χ1v) is 5.76. The highest BCUT2D eigenvalue weighted by Gasteiger charge is 2.00. The van der Waals surface area contributed by atoms with Crippen LogP contribution in [0.3, 0.4) is 0 Å². The number of hydrogen-bond donors (Lipinski definition) is 1. The third-order valence-electron chi connectivity index (χ3n) is 2.15. The molecule has 0 bridgehead atoms. The van der Waals surface area contributed by atoms with Gasteiger partial charge in [-0.15, -0.1) is 0 Å². The van der Waals surface area contributed by atoms with Crippen molar-refractivity contribution in [3.8, 4) is 0 Å². The SMILES string of the molecule is CC/C(C)=N\Nc1nc2ccccc2s1. The van der Waals surface area contributed by atoms with Crippen LogP contribution in [0.15, 0.2) is 29.4 Å². The van der Waals surface area contributed by atoms with Crippen LogP contribution in [-0.2, 0) is 0 Å². The van der Waals surface area contributed by atoms with Gasteiger partial charge in [0.15, 0.2) is 0 Å². The van der Waals surface area contributed by atoms with Gasteiger partial charge in [-0.05, 0) is 25.5 Å². The number of nitrogens with one attached hydrogen (secondary N) is 1. The number of benzene rings is 1. The van der Waals surface area contributed by atoms with Gasteiger partial charge in [0.25, 0.3) is 0 Å². The van der Waals surface area contributed by atoms with Gasteiger partial charge < -0.3 is 0 Å². The van der Waals surface area contributed by atoms with E-state index in [1.165, 1.54) is 4.70 Å². The number of hydrazone groups is 1. The summed E-state index contributed by atoms with van der Waals surface area (Å²) in [5.74, 6) is 0. The molecule has 0 fully saturated rings. The van der Waals surface area contributed by atoms with Crippen LogP contribution < -0.4 is 5.43 Å². The number of para-hydroxylation sites is 1. The minimum atomic E-state index is 0.851. The molecular formula is C11H13N3S. The molecule has 0 spiro atoms. The molecule has 1 aromatic carbocycles. The number of thiazole rings is 1. The first-order chi connectivity index (χ1) is 7.29. The molecule has 4 heteroatoms. The van der Waals surface area contributed by atoms with Crippen molar-refractivity contribution in [2.24, 2.45) is 5.10 Å². The molecule has 0 radical (unpaired) electrons. The van der Waals surface area contributed by atoms with E-state index in [2.05, 4.69) is 28.5 Å². The maximum Gasteiger partial charge on any atom is 0.204 e. The fourth-order valence-corrected chi connectivity index (χ4v) is 1.95. The molecule has 0 aliphatic carbocycles. The average molecular weight is 219 g/mol. The van der Waals surface area contributed by atoms with Crippen LogP contribution in [0.4, 0.5) is 5.13 Å². The molecule has 0 saturated heterocycles. The molecule has 0 saturated carbocycles. The molecule has 15 heavy (non-hydrogen) atoms. The summed E-state index contributed by atoms with van der Waals surface area (Å²) in [6, 6.07) is 8.08. The maximum absolute atomic E-state index is 4.42. The van der Waals surface area contributed by atoms with Crippen LogP contribution in [-0.4, -0.2) is 10.7 Å². The summed E-state index contributed by atoms with van der Waals surface area (Å²) in [6.07, 6.45) is 0.956. The van der Waals surface area contributed by atoms with E-state index in [0.717, 1.165) is 22.8 Å². The number of anilines is 1. The molecule has 1 heterocycles. The average Bonchev–Trinajstić information content (AvgIpc) is 2.68. The van der Waals surface area contributed by atoms with Crippen molar-refractivity contribution >= 4 is 32.4 Å². The Hall–Kier alpha value is -1.42. The van der Waals surface area contributed by atoms with E-state index in [1.54, 1.807) is 11.3 Å². The van der Waals surface area contributed by atoms with E-state index in [-0.39, 0.29) is 0 Å². The van der Waals surface area contributed by atoms with Crippen molar-refractivity contribution in [1.29, 1.82) is 0 Å². The normalized spacial score (nSPS) is 12.0. The third-order valence-corrected chi connectivity index (χ3v) is 3.09. The third kappa shape index (κ3) is 2.33. The molecule has 1 aromatic heterocycles. The smallest absolute Gasteiger partial charge is 0.204 e. The zero-order chi connectivity index (χ0) is 10.7. The minimum absolute atomic E-state index is 0.851. The Labute approximate surface area is 92.8 Å². The Morgan fingerprint density at radius 1 is 1.47 bits per heavy atom. The van der Waals surface area contributed by atoms with Crippen LogP contribution in [0.25, 0.3) is 10.2 Å². The van der Waals surface area contributed by atoms with Crippen LogP contribution in [0.2, 0.25) is 0 Å². The molecule has 0 aliphatic heterocycles. The van der Waals surface area contributed by atoms with Gasteiger partial charge in [-0.3, -0.25) is 5.43 Å². The monoisotopic (exact) mass is 219 g/mol. The van der Waals surface area contributed by atoms with E-state index in [1.807, 2.05) is 25.1 Å². The van der Waals surface area contributed by atoms with Gasteiger partial charge in [0.1, 0.15) is 0 Å². The van der Waals surface area contributed by atoms with E-state index in [4.69, 9.17) is 0 Å². The second kappa shape index (κ2) is 4.40. The largest absolute Gasteiger partial charge is 0.253 e. The van der Waals surface area contributed by atoms with Gasteiger partial charge in [-0.25, -0.2) is 4.98 Å². The first-order valence-electron chi connectivity index (χ1n) is 4.94. The minimum Gasteiger partial charge on any atom is -0.253 e. The van der Waals surface area contributed by atoms with Crippen LogP contribution >= 0.6 is 11.3 Å². The second-order valence-corrected chi connectivity index (χ2v) is 4.33. The van der Waals surface area contributed by atoms with Gasteiger partial charge in [0.2, 0.25) is 5.13 Å². The Morgan fingerprint density at radius 2 is 2.27 bits per heavy atom. The highest BCUT2D eigenvalue weighted by atomic mass is 32.1. The number of aromatic nitrogens is 1. The van der Waals surface area contributed by atoms with Crippen molar-refractivity contribution in [3.05, 3.63) is 24.3 Å². The number of hydrogen-bond acceptors (Lipinski definition) is 4. The van der Waals surface area contributed by atoms with Gasteiger partial charge >= 0.3 is 0 Å². The molecule has 1 N–H and O–H groups in total. The topological polar surface area (TPSA) is 37.3 Å². The lowest BCUT2D eigenvalue weighted by atomic mass is 10.3. The molecule has 0 amide bonds. The summed E-state index contributed by atoms with van der Waals surface area (Å²) < 4.78 is 1.18. The number of rotatable bonds is 3. The number of nitrogens with zero attached hydrogens (tertiary/aromatic N) is 2. The standard InChI is InChI=1S/C11H13N3S/c1-3-8(2)13-14-11-12-9-6-4-5-7-10(9)15-11/h4-7H,3H2,1-2H3,(H,12,14)/b13-8-. The van der Waals surface area contributed by atoms with Crippen molar-refractivity contribution in [1.82, 2.24) is 4.98 Å². The van der Waals surface area contributed by atoms with E-state index < -0.39 is 0 Å². The molecule has 3 nitrogen and oxygen atoms in total. The van der Waals surface area contributed by atoms with Gasteiger partial charge in [-0.1, -0.05) is 30.4 Å². The Bertz CT molecular complexity index is 454. The number of fused-ring (bicyclic) bond motifs is 1. The van der Waals surface area contributed by atoms with Gasteiger partial charge in [0.05, 0.1) is 10.2 Å². The molecular weight excluding hydrogens is 206 g/mol. The zero-order valence-electron chi connectivity index (χ0n) is 8.82. The molecule has 0 unspecified atom stereocenters. The van der Waals surface area contributed by atoms with E-state index in [0.29, 0.717) is 0 Å². The van der Waals surface area contributed by atoms with E-state index in [9.17, 15) is 0 Å². The summed E-state index contributed by atoms with van der Waals surface area (Å²) >= 11 is 1.62. The van der Waals surface area contributed by atoms with Crippen LogP contribution in [0.1, 0.15) is 20.3 Å². The second-order valence-electron chi connectivity index (χ2n) is 3.30. The predicted octanol–water partition coefficient (Wildman–Crippen LogP) is 3.49. The Balaban J connectivity index is 2.22. The molecule has 0 atom stereocenters. The van der Waals surface area contributed by atoms with Gasteiger partial charge in [0, 0.05) is 5.71 Å².